The fraction of sp³-hybridized carbons (Fsp3) is 0. The first kappa shape index (κ1) is 7.29. The minimum Gasteiger partial charge on any atom is -0.351 e. The Morgan fingerprint density at radius 3 is 3.20 bits per heavy atom. The third kappa shape index (κ3) is 2.19. The van der Waals surface area contributed by atoms with Crippen LogP contribution in [-0.4, -0.2) is 15.6 Å². The largest absolute Gasteiger partial charge is 0.351 e. The Balaban J connectivity index is 2.35. The van der Waals surface area contributed by atoms with Gasteiger partial charge in [0.1, 0.15) is 4.21 Å². The summed E-state index contributed by atoms with van der Waals surface area (Å²) >= 11 is 2.30. The van der Waals surface area contributed by atoms with E-state index in [-0.39, 0.29) is 0 Å². The molecule has 0 spiro atoms. The maximum Gasteiger partial charge on any atom is 0.322 e. The highest BCUT2D eigenvalue weighted by atomic mass is 32.2. The molecule has 54 valence electrons. The summed E-state index contributed by atoms with van der Waals surface area (Å²) in [4.78, 5) is 10.1. The summed E-state index contributed by atoms with van der Waals surface area (Å²) in [6.45, 7) is 0. The molecule has 3 N–H and O–H groups in total. The average Bonchev–Trinajstić information content (AvgIpc) is 2.34. The summed E-state index contributed by atoms with van der Waals surface area (Å²) in [7, 11) is 0. The van der Waals surface area contributed by atoms with Gasteiger partial charge in [0.15, 0.2) is 0 Å². The highest BCUT2D eigenvalue weighted by Crippen LogP contribution is 2.15. The maximum atomic E-state index is 10.1. The second-order valence-electron chi connectivity index (χ2n) is 1.30. The van der Waals surface area contributed by atoms with Gasteiger partial charge in [0.25, 0.3) is 0 Å². The molecule has 1 aromatic rings. The Hall–Kier alpha value is -0.820. The van der Waals surface area contributed by atoms with Crippen LogP contribution in [0.2, 0.25) is 0 Å². The molecular formula is C3H4N4OS2. The van der Waals surface area contributed by atoms with Gasteiger partial charge in [-0.3, -0.25) is 4.72 Å². The second kappa shape index (κ2) is 3.37. The molecule has 1 rings (SSSR count). The van der Waals surface area contributed by atoms with Crippen molar-refractivity contribution >= 4 is 29.5 Å². The SMILES string of the molecule is NC(=O)NSc1cnns1. The number of carbonyl (C=O) groups excluding carboxylic acids is 1. The van der Waals surface area contributed by atoms with E-state index in [2.05, 4.69) is 14.3 Å². The number of rotatable bonds is 2. The number of hydrogen-bond donors (Lipinski definition) is 2. The summed E-state index contributed by atoms with van der Waals surface area (Å²) in [5.74, 6) is 0. The fourth-order valence-electron chi connectivity index (χ4n) is 0.304. The van der Waals surface area contributed by atoms with Crippen molar-refractivity contribution < 1.29 is 4.79 Å². The van der Waals surface area contributed by atoms with Crippen LogP contribution in [0.15, 0.2) is 10.4 Å². The highest BCUT2D eigenvalue weighted by molar-refractivity contribution is 7.99. The predicted molar refractivity (Wildman–Crippen MR) is 38.5 cm³/mol. The van der Waals surface area contributed by atoms with Crippen molar-refractivity contribution in [3.8, 4) is 0 Å². The van der Waals surface area contributed by atoms with Gasteiger partial charge in [-0.25, -0.2) is 4.79 Å². The smallest absolute Gasteiger partial charge is 0.322 e. The van der Waals surface area contributed by atoms with Crippen molar-refractivity contribution in [3.63, 3.8) is 0 Å². The molecule has 1 aromatic heterocycles. The zero-order valence-electron chi connectivity index (χ0n) is 4.77. The lowest BCUT2D eigenvalue weighted by atomic mass is 11.0. The van der Waals surface area contributed by atoms with Crippen LogP contribution in [0.4, 0.5) is 4.79 Å². The van der Waals surface area contributed by atoms with Crippen LogP contribution in [0, 0.1) is 0 Å². The van der Waals surface area contributed by atoms with E-state index in [0.29, 0.717) is 0 Å². The van der Waals surface area contributed by atoms with E-state index < -0.39 is 6.03 Å². The van der Waals surface area contributed by atoms with Gasteiger partial charge in [0.2, 0.25) is 0 Å². The topological polar surface area (TPSA) is 80.9 Å². The van der Waals surface area contributed by atoms with Gasteiger partial charge in [-0.05, 0) is 11.5 Å². The van der Waals surface area contributed by atoms with Gasteiger partial charge in [-0.2, -0.15) is 0 Å². The molecule has 0 saturated carbocycles. The van der Waals surface area contributed by atoms with Crippen LogP contribution in [0.5, 0.6) is 0 Å². The second-order valence-corrected chi connectivity index (χ2v) is 3.20. The standard InChI is InChI=1S/C3H4N4OS2/c4-3(8)6-9-2-1-5-7-10-2/h1H,(H3,4,6,8). The number of primary amides is 1. The molecule has 7 heteroatoms. The maximum absolute atomic E-state index is 10.1. The number of carbonyl (C=O) groups is 1. The molecule has 0 saturated heterocycles. The molecule has 10 heavy (non-hydrogen) atoms. The normalized spacial score (nSPS) is 9.20. The minimum atomic E-state index is -0.571. The van der Waals surface area contributed by atoms with Crippen molar-refractivity contribution in [1.29, 1.82) is 0 Å². The monoisotopic (exact) mass is 176 g/mol. The molecule has 0 unspecified atom stereocenters. The first-order chi connectivity index (χ1) is 4.79. The van der Waals surface area contributed by atoms with E-state index in [9.17, 15) is 4.79 Å². The highest BCUT2D eigenvalue weighted by Gasteiger charge is 1.97. The quantitative estimate of drug-likeness (QED) is 0.631. The Labute approximate surface area is 65.3 Å². The third-order valence-corrected chi connectivity index (χ3v) is 2.14. The first-order valence-corrected chi connectivity index (χ1v) is 3.87. The summed E-state index contributed by atoms with van der Waals surface area (Å²) in [5.41, 5.74) is 4.80. The lowest BCUT2D eigenvalue weighted by Crippen LogP contribution is -2.22. The summed E-state index contributed by atoms with van der Waals surface area (Å²) in [5, 5.41) is 3.56. The van der Waals surface area contributed by atoms with Crippen molar-refractivity contribution in [2.24, 2.45) is 5.73 Å². The molecule has 0 bridgehead atoms. The van der Waals surface area contributed by atoms with Gasteiger partial charge >= 0.3 is 6.03 Å². The summed E-state index contributed by atoms with van der Waals surface area (Å²) in [6, 6.07) is -0.571. The molecule has 0 fully saturated rings. The molecule has 0 aliphatic rings. The van der Waals surface area contributed by atoms with Crippen LogP contribution in [0.1, 0.15) is 0 Å². The molecule has 1 heterocycles. The minimum absolute atomic E-state index is 0.571. The van der Waals surface area contributed by atoms with E-state index in [0.717, 1.165) is 16.2 Å². The first-order valence-electron chi connectivity index (χ1n) is 2.28. The number of nitrogens with zero attached hydrogens (tertiary/aromatic N) is 2. The number of nitrogens with two attached hydrogens (primary N) is 1. The Kier molecular flexibility index (Phi) is 2.46. The number of urea groups is 1. The molecular weight excluding hydrogens is 172 g/mol. The summed E-state index contributed by atoms with van der Waals surface area (Å²) < 4.78 is 6.72. The number of hydrogen-bond acceptors (Lipinski definition) is 5. The number of nitrogens with one attached hydrogen (secondary N) is 1. The fourth-order valence-corrected chi connectivity index (χ4v) is 1.25. The van der Waals surface area contributed by atoms with Crippen LogP contribution in [0.3, 0.4) is 0 Å². The van der Waals surface area contributed by atoms with Crippen LogP contribution in [-0.2, 0) is 0 Å². The third-order valence-electron chi connectivity index (χ3n) is 0.593. The van der Waals surface area contributed by atoms with Gasteiger partial charge in [0.05, 0.1) is 6.20 Å². The lowest BCUT2D eigenvalue weighted by molar-refractivity contribution is 0.254. The summed E-state index contributed by atoms with van der Waals surface area (Å²) in [6.07, 6.45) is 1.55. The predicted octanol–water partition coefficient (Wildman–Crippen LogP) is 0.214. The Bertz CT molecular complexity index is 210. The molecule has 0 radical (unpaired) electrons. The molecule has 2 amide bonds. The molecule has 0 aromatic carbocycles. The molecule has 0 atom stereocenters. The van der Waals surface area contributed by atoms with Crippen LogP contribution >= 0.6 is 23.5 Å². The van der Waals surface area contributed by atoms with Crippen LogP contribution in [0.25, 0.3) is 0 Å². The number of amides is 2. The average molecular weight is 176 g/mol. The van der Waals surface area contributed by atoms with Gasteiger partial charge in [0, 0.05) is 11.9 Å². The van der Waals surface area contributed by atoms with Crippen molar-refractivity contribution in [1.82, 2.24) is 14.3 Å². The molecule has 5 nitrogen and oxygen atoms in total. The Morgan fingerprint density at radius 1 is 1.90 bits per heavy atom. The van der Waals surface area contributed by atoms with Crippen molar-refractivity contribution in [2.45, 2.75) is 4.21 Å². The van der Waals surface area contributed by atoms with Crippen LogP contribution < -0.4 is 10.5 Å². The van der Waals surface area contributed by atoms with Crippen molar-refractivity contribution in [3.05, 3.63) is 6.20 Å². The van der Waals surface area contributed by atoms with E-state index in [1.165, 1.54) is 11.5 Å². The van der Waals surface area contributed by atoms with Gasteiger partial charge in [-0.1, -0.05) is 4.49 Å². The van der Waals surface area contributed by atoms with E-state index in [1.54, 1.807) is 6.20 Å². The van der Waals surface area contributed by atoms with E-state index in [1.807, 2.05) is 0 Å². The molecule has 0 aliphatic heterocycles. The molecule has 0 aliphatic carbocycles. The van der Waals surface area contributed by atoms with Gasteiger partial charge < -0.3 is 5.73 Å². The number of aromatic nitrogens is 2. The van der Waals surface area contributed by atoms with E-state index in [4.69, 9.17) is 5.73 Å². The van der Waals surface area contributed by atoms with Crippen molar-refractivity contribution in [2.75, 3.05) is 0 Å². The lowest BCUT2D eigenvalue weighted by Gasteiger charge is -1.92. The van der Waals surface area contributed by atoms with E-state index >= 15 is 0 Å². The zero-order chi connectivity index (χ0) is 7.40. The Morgan fingerprint density at radius 2 is 2.70 bits per heavy atom. The van der Waals surface area contributed by atoms with Gasteiger partial charge in [-0.15, -0.1) is 5.10 Å². The zero-order valence-corrected chi connectivity index (χ0v) is 6.41.